The standard InChI is InChI=1S/C25H28F3N3O4S2/c1-15(35-3)21-20(14-29-19-8-11-36-22(19)21)30-18-6-4-16(5-7-18)23(25(26,27)28)31(2)24(32)17-9-12-37(33,34)13-10-17/h4-8,11,14-15,17,23,30H,9-10,12-13H2,1-3H3/t15?,23-/m0/s1. The summed E-state index contributed by atoms with van der Waals surface area (Å²) < 4.78 is 72.2. The van der Waals surface area contributed by atoms with Crippen molar-refractivity contribution in [3.63, 3.8) is 0 Å². The molecule has 1 unspecified atom stereocenters. The van der Waals surface area contributed by atoms with E-state index in [9.17, 15) is 26.4 Å². The molecule has 3 heterocycles. The molecule has 1 N–H and O–H groups in total. The van der Waals surface area contributed by atoms with E-state index in [4.69, 9.17) is 4.74 Å². The number of carbonyl (C=O) groups excluding carboxylic acids is 1. The fourth-order valence-electron chi connectivity index (χ4n) is 4.64. The van der Waals surface area contributed by atoms with Crippen molar-refractivity contribution >= 4 is 48.7 Å². The first-order chi connectivity index (χ1) is 17.4. The van der Waals surface area contributed by atoms with Crippen LogP contribution in [-0.2, 0) is 19.4 Å². The second kappa shape index (κ2) is 10.6. The smallest absolute Gasteiger partial charge is 0.377 e. The first kappa shape index (κ1) is 27.3. The molecule has 4 rings (SSSR count). The van der Waals surface area contributed by atoms with Crippen LogP contribution in [0, 0.1) is 5.92 Å². The first-order valence-electron chi connectivity index (χ1n) is 11.7. The molecule has 37 heavy (non-hydrogen) atoms. The predicted molar refractivity (Wildman–Crippen MR) is 138 cm³/mol. The number of nitrogens with zero attached hydrogens (tertiary/aromatic N) is 2. The summed E-state index contributed by atoms with van der Waals surface area (Å²) in [7, 11) is -0.514. The number of hydrogen-bond donors (Lipinski definition) is 1. The van der Waals surface area contributed by atoms with Gasteiger partial charge in [-0.2, -0.15) is 13.2 Å². The summed E-state index contributed by atoms with van der Waals surface area (Å²) in [6, 6.07) is 5.49. The number of hydrogen-bond acceptors (Lipinski definition) is 7. The van der Waals surface area contributed by atoms with Crippen molar-refractivity contribution in [1.82, 2.24) is 9.88 Å². The van der Waals surface area contributed by atoms with E-state index in [0.717, 1.165) is 22.8 Å². The molecule has 12 heteroatoms. The van der Waals surface area contributed by atoms with Gasteiger partial charge in [0.25, 0.3) is 0 Å². The van der Waals surface area contributed by atoms with Crippen molar-refractivity contribution in [3.05, 3.63) is 53.0 Å². The number of pyridine rings is 1. The Hall–Kier alpha value is -2.70. The van der Waals surface area contributed by atoms with Crippen LogP contribution < -0.4 is 5.32 Å². The zero-order valence-electron chi connectivity index (χ0n) is 20.6. The average Bonchev–Trinajstić information content (AvgIpc) is 3.32. The Bertz CT molecular complexity index is 1360. The Kier molecular flexibility index (Phi) is 7.82. The van der Waals surface area contributed by atoms with Crippen LogP contribution in [0.25, 0.3) is 10.2 Å². The number of alkyl halides is 3. The van der Waals surface area contributed by atoms with E-state index < -0.39 is 33.9 Å². The third-order valence-electron chi connectivity index (χ3n) is 6.73. The van der Waals surface area contributed by atoms with Crippen LogP contribution in [0.1, 0.15) is 43.0 Å². The van der Waals surface area contributed by atoms with Crippen LogP contribution in [0.5, 0.6) is 0 Å². The lowest BCUT2D eigenvalue weighted by atomic mass is 9.98. The normalized spacial score (nSPS) is 17.9. The lowest BCUT2D eigenvalue weighted by Gasteiger charge is -2.34. The Morgan fingerprint density at radius 3 is 2.43 bits per heavy atom. The van der Waals surface area contributed by atoms with E-state index in [-0.39, 0.29) is 36.0 Å². The molecular weight excluding hydrogens is 527 g/mol. The Morgan fingerprint density at radius 1 is 1.19 bits per heavy atom. The second-order valence-electron chi connectivity index (χ2n) is 9.16. The molecule has 1 aromatic carbocycles. The highest BCUT2D eigenvalue weighted by atomic mass is 32.2. The number of ether oxygens (including phenoxy) is 1. The van der Waals surface area contributed by atoms with Gasteiger partial charge in [0.1, 0.15) is 9.84 Å². The van der Waals surface area contributed by atoms with Gasteiger partial charge in [0.05, 0.1) is 39.7 Å². The summed E-state index contributed by atoms with van der Waals surface area (Å²) in [5.41, 5.74) is 2.89. The maximum Gasteiger partial charge on any atom is 0.413 e. The molecule has 3 aromatic rings. The van der Waals surface area contributed by atoms with Crippen molar-refractivity contribution in [2.45, 2.75) is 38.1 Å². The van der Waals surface area contributed by atoms with Crippen molar-refractivity contribution < 1.29 is 31.1 Å². The number of thiophene rings is 1. The molecule has 1 saturated heterocycles. The zero-order valence-corrected chi connectivity index (χ0v) is 22.2. The number of methoxy groups -OCH3 is 1. The van der Waals surface area contributed by atoms with E-state index in [0.29, 0.717) is 16.3 Å². The summed E-state index contributed by atoms with van der Waals surface area (Å²) in [5.74, 6) is -1.83. The predicted octanol–water partition coefficient (Wildman–Crippen LogP) is 5.63. The molecule has 0 spiro atoms. The maximum absolute atomic E-state index is 14.1. The molecule has 0 aliphatic carbocycles. The van der Waals surface area contributed by atoms with E-state index in [1.807, 2.05) is 18.4 Å². The summed E-state index contributed by atoms with van der Waals surface area (Å²) in [5, 5.41) is 5.17. The van der Waals surface area contributed by atoms with Gasteiger partial charge in [0.15, 0.2) is 6.04 Å². The third kappa shape index (κ3) is 5.91. The molecule has 0 saturated carbocycles. The van der Waals surface area contributed by atoms with Gasteiger partial charge in [-0.3, -0.25) is 9.78 Å². The second-order valence-corrected chi connectivity index (χ2v) is 12.4. The van der Waals surface area contributed by atoms with Crippen LogP contribution in [0.3, 0.4) is 0 Å². The highest BCUT2D eigenvalue weighted by Gasteiger charge is 2.46. The number of rotatable bonds is 7. The maximum atomic E-state index is 14.1. The monoisotopic (exact) mass is 555 g/mol. The summed E-state index contributed by atoms with van der Waals surface area (Å²) in [6.45, 7) is 1.91. The zero-order chi connectivity index (χ0) is 27.0. The van der Waals surface area contributed by atoms with E-state index >= 15 is 0 Å². The SMILES string of the molecule is COC(C)c1c(Nc2ccc([C@H](N(C)C(=O)C3CCS(=O)(=O)CC3)C(F)(F)F)cc2)cnc2ccsc12. The highest BCUT2D eigenvalue weighted by molar-refractivity contribution is 7.91. The van der Waals surface area contributed by atoms with Crippen molar-refractivity contribution in [1.29, 1.82) is 0 Å². The molecule has 1 aliphatic rings. The van der Waals surface area contributed by atoms with E-state index in [2.05, 4.69) is 10.3 Å². The molecule has 200 valence electrons. The number of carbonyl (C=O) groups is 1. The molecule has 2 aromatic heterocycles. The number of benzene rings is 1. The average molecular weight is 556 g/mol. The number of fused-ring (bicyclic) bond motifs is 1. The minimum absolute atomic E-state index is 0.0315. The fourth-order valence-corrected chi connectivity index (χ4v) is 7.11. The fraction of sp³-hybridized carbons (Fsp3) is 0.440. The van der Waals surface area contributed by atoms with E-state index in [1.165, 1.54) is 35.6 Å². The largest absolute Gasteiger partial charge is 0.413 e. The topological polar surface area (TPSA) is 88.6 Å². The number of anilines is 2. The molecule has 0 bridgehead atoms. The Labute approximate surface area is 217 Å². The van der Waals surface area contributed by atoms with Gasteiger partial charge in [-0.05, 0) is 48.9 Å². The van der Waals surface area contributed by atoms with E-state index in [1.54, 1.807) is 13.3 Å². The van der Waals surface area contributed by atoms with Crippen LogP contribution >= 0.6 is 11.3 Å². The van der Waals surface area contributed by atoms with Crippen molar-refractivity contribution in [2.24, 2.45) is 5.92 Å². The van der Waals surface area contributed by atoms with Crippen LogP contribution in [-0.4, -0.2) is 56.0 Å². The minimum atomic E-state index is -4.71. The lowest BCUT2D eigenvalue weighted by Crippen LogP contribution is -2.44. The van der Waals surface area contributed by atoms with Crippen molar-refractivity contribution in [3.8, 4) is 0 Å². The van der Waals surface area contributed by atoms with Gasteiger partial charge >= 0.3 is 6.18 Å². The van der Waals surface area contributed by atoms with Crippen LogP contribution in [0.15, 0.2) is 41.9 Å². The molecule has 0 radical (unpaired) electrons. The van der Waals surface area contributed by atoms with Crippen LogP contribution in [0.4, 0.5) is 24.5 Å². The van der Waals surface area contributed by atoms with Gasteiger partial charge in [0, 0.05) is 31.3 Å². The van der Waals surface area contributed by atoms with Gasteiger partial charge < -0.3 is 15.0 Å². The molecule has 1 amide bonds. The summed E-state index contributed by atoms with van der Waals surface area (Å²) in [6.07, 6.45) is -3.22. The third-order valence-corrected chi connectivity index (χ3v) is 9.38. The number of aromatic nitrogens is 1. The molecule has 1 aliphatic heterocycles. The Balaban J connectivity index is 1.57. The van der Waals surface area contributed by atoms with Crippen LogP contribution in [0.2, 0.25) is 0 Å². The first-order valence-corrected chi connectivity index (χ1v) is 14.4. The lowest BCUT2D eigenvalue weighted by molar-refractivity contribution is -0.190. The quantitative estimate of drug-likeness (QED) is 0.406. The molecule has 1 fully saturated rings. The number of sulfone groups is 1. The van der Waals surface area contributed by atoms with Gasteiger partial charge in [0.2, 0.25) is 5.91 Å². The molecular formula is C25H28F3N3O4S2. The molecule has 7 nitrogen and oxygen atoms in total. The minimum Gasteiger partial charge on any atom is -0.377 e. The molecule has 2 atom stereocenters. The highest BCUT2D eigenvalue weighted by Crippen LogP contribution is 2.40. The van der Waals surface area contributed by atoms with Gasteiger partial charge in [-0.25, -0.2) is 8.42 Å². The number of nitrogens with one attached hydrogen (secondary N) is 1. The number of amides is 1. The summed E-state index contributed by atoms with van der Waals surface area (Å²) in [4.78, 5) is 18.0. The van der Waals surface area contributed by atoms with Crippen molar-refractivity contribution in [2.75, 3.05) is 31.0 Å². The summed E-state index contributed by atoms with van der Waals surface area (Å²) >= 11 is 1.53. The van der Waals surface area contributed by atoms with Gasteiger partial charge in [-0.15, -0.1) is 11.3 Å². The van der Waals surface area contributed by atoms with Gasteiger partial charge in [-0.1, -0.05) is 12.1 Å². The number of halogens is 3. The Morgan fingerprint density at radius 2 is 1.84 bits per heavy atom.